The van der Waals surface area contributed by atoms with Crippen LogP contribution in [0, 0.1) is 5.82 Å². The molecule has 1 atom stereocenters. The molecule has 1 unspecified atom stereocenters. The third-order valence-electron chi connectivity index (χ3n) is 2.93. The molecular formula is C15H14Br2FN. The lowest BCUT2D eigenvalue weighted by atomic mass is 10.1. The van der Waals surface area contributed by atoms with Crippen molar-refractivity contribution in [1.82, 2.24) is 5.32 Å². The highest BCUT2D eigenvalue weighted by Gasteiger charge is 2.10. The van der Waals surface area contributed by atoms with Crippen LogP contribution >= 0.6 is 31.9 Å². The number of rotatable bonds is 4. The smallest absolute Gasteiger partial charge is 0.129 e. The Bertz CT molecular complexity index is 572. The Morgan fingerprint density at radius 1 is 1.11 bits per heavy atom. The predicted molar refractivity (Wildman–Crippen MR) is 83.5 cm³/mol. The fourth-order valence-corrected chi connectivity index (χ4v) is 2.66. The summed E-state index contributed by atoms with van der Waals surface area (Å²) in [6.07, 6.45) is 0. The highest BCUT2D eigenvalue weighted by atomic mass is 79.9. The lowest BCUT2D eigenvalue weighted by Crippen LogP contribution is -2.19. The van der Waals surface area contributed by atoms with Crippen molar-refractivity contribution in [2.24, 2.45) is 0 Å². The average Bonchev–Trinajstić information content (AvgIpc) is 2.36. The van der Waals surface area contributed by atoms with E-state index in [1.165, 1.54) is 11.6 Å². The number of hydrogen-bond donors (Lipinski definition) is 1. The predicted octanol–water partition coefficient (Wildman–Crippen LogP) is 5.20. The van der Waals surface area contributed by atoms with Crippen LogP contribution in [0.4, 0.5) is 4.39 Å². The Kier molecular flexibility index (Phi) is 5.13. The molecule has 19 heavy (non-hydrogen) atoms. The Hall–Kier alpha value is -0.710. The van der Waals surface area contributed by atoms with E-state index in [1.54, 1.807) is 6.07 Å². The number of halogens is 3. The van der Waals surface area contributed by atoms with E-state index in [0.717, 1.165) is 8.95 Å². The quantitative estimate of drug-likeness (QED) is 0.761. The Morgan fingerprint density at radius 2 is 1.84 bits per heavy atom. The monoisotopic (exact) mass is 385 g/mol. The fraction of sp³-hybridized carbons (Fsp3) is 0.200. The van der Waals surface area contributed by atoms with Gasteiger partial charge in [-0.1, -0.05) is 50.1 Å². The largest absolute Gasteiger partial charge is 0.306 e. The lowest BCUT2D eigenvalue weighted by molar-refractivity contribution is 0.528. The van der Waals surface area contributed by atoms with Gasteiger partial charge in [-0.25, -0.2) is 4.39 Å². The van der Waals surface area contributed by atoms with Gasteiger partial charge in [0.25, 0.3) is 0 Å². The first-order chi connectivity index (χ1) is 9.06. The first kappa shape index (κ1) is 14.7. The third-order valence-corrected chi connectivity index (χ3v) is 3.92. The SMILES string of the molecule is CC(NCc1cccc(Br)c1)c1ccc(Br)cc1F. The minimum Gasteiger partial charge on any atom is -0.306 e. The summed E-state index contributed by atoms with van der Waals surface area (Å²) in [6, 6.07) is 13.2. The molecule has 4 heteroatoms. The van der Waals surface area contributed by atoms with Gasteiger partial charge in [-0.3, -0.25) is 0 Å². The first-order valence-corrected chi connectivity index (χ1v) is 7.57. The zero-order chi connectivity index (χ0) is 13.8. The number of nitrogens with one attached hydrogen (secondary N) is 1. The van der Waals surface area contributed by atoms with Crippen molar-refractivity contribution in [3.63, 3.8) is 0 Å². The molecule has 1 nitrogen and oxygen atoms in total. The molecule has 0 fully saturated rings. The van der Waals surface area contributed by atoms with Gasteiger partial charge in [0.15, 0.2) is 0 Å². The first-order valence-electron chi connectivity index (χ1n) is 5.99. The molecule has 1 N–H and O–H groups in total. The zero-order valence-electron chi connectivity index (χ0n) is 10.5. The molecule has 0 aromatic heterocycles. The molecule has 100 valence electrons. The van der Waals surface area contributed by atoms with E-state index in [9.17, 15) is 4.39 Å². The lowest BCUT2D eigenvalue weighted by Gasteiger charge is -2.15. The van der Waals surface area contributed by atoms with Gasteiger partial charge in [0.1, 0.15) is 5.82 Å². The molecule has 0 amide bonds. The van der Waals surface area contributed by atoms with Gasteiger partial charge in [0, 0.05) is 27.1 Å². The molecule has 0 heterocycles. The summed E-state index contributed by atoms with van der Waals surface area (Å²) in [4.78, 5) is 0. The van der Waals surface area contributed by atoms with Crippen LogP contribution in [-0.4, -0.2) is 0 Å². The van der Waals surface area contributed by atoms with E-state index >= 15 is 0 Å². The van der Waals surface area contributed by atoms with Crippen LogP contribution < -0.4 is 5.32 Å². The summed E-state index contributed by atoms with van der Waals surface area (Å²) < 4.78 is 15.6. The van der Waals surface area contributed by atoms with E-state index in [2.05, 4.69) is 43.2 Å². The second kappa shape index (κ2) is 6.64. The molecule has 0 aliphatic heterocycles. The van der Waals surface area contributed by atoms with Gasteiger partial charge >= 0.3 is 0 Å². The van der Waals surface area contributed by atoms with Gasteiger partial charge in [-0.15, -0.1) is 0 Å². The summed E-state index contributed by atoms with van der Waals surface area (Å²) in [7, 11) is 0. The van der Waals surface area contributed by atoms with E-state index in [0.29, 0.717) is 12.1 Å². The second-order valence-electron chi connectivity index (χ2n) is 4.40. The van der Waals surface area contributed by atoms with Crippen LogP contribution in [-0.2, 0) is 6.54 Å². The Morgan fingerprint density at radius 3 is 2.53 bits per heavy atom. The number of hydrogen-bond acceptors (Lipinski definition) is 1. The van der Waals surface area contributed by atoms with Crippen LogP contribution in [0.15, 0.2) is 51.4 Å². The minimum atomic E-state index is -0.191. The van der Waals surface area contributed by atoms with Gasteiger partial charge in [0.2, 0.25) is 0 Å². The van der Waals surface area contributed by atoms with Crippen molar-refractivity contribution in [2.45, 2.75) is 19.5 Å². The van der Waals surface area contributed by atoms with Crippen molar-refractivity contribution in [3.8, 4) is 0 Å². The normalized spacial score (nSPS) is 12.4. The molecule has 2 aromatic carbocycles. The van der Waals surface area contributed by atoms with Crippen molar-refractivity contribution in [3.05, 3.63) is 68.4 Å². The molecule has 2 rings (SSSR count). The maximum Gasteiger partial charge on any atom is 0.129 e. The molecule has 0 saturated carbocycles. The summed E-state index contributed by atoms with van der Waals surface area (Å²) in [5, 5.41) is 3.33. The average molecular weight is 387 g/mol. The van der Waals surface area contributed by atoms with Crippen molar-refractivity contribution in [2.75, 3.05) is 0 Å². The van der Waals surface area contributed by atoms with Crippen molar-refractivity contribution in [1.29, 1.82) is 0 Å². The van der Waals surface area contributed by atoms with Crippen LogP contribution in [0.5, 0.6) is 0 Å². The van der Waals surface area contributed by atoms with E-state index in [-0.39, 0.29) is 11.9 Å². The molecule has 0 aliphatic carbocycles. The van der Waals surface area contributed by atoms with Gasteiger partial charge < -0.3 is 5.32 Å². The molecule has 2 aromatic rings. The van der Waals surface area contributed by atoms with E-state index < -0.39 is 0 Å². The summed E-state index contributed by atoms with van der Waals surface area (Å²) in [6.45, 7) is 2.67. The van der Waals surface area contributed by atoms with Crippen LogP contribution in [0.25, 0.3) is 0 Å². The molecule has 0 aliphatic rings. The Labute approximate surface area is 129 Å². The maximum absolute atomic E-state index is 13.8. The van der Waals surface area contributed by atoms with Gasteiger partial charge in [-0.05, 0) is 36.8 Å². The third kappa shape index (κ3) is 4.13. The maximum atomic E-state index is 13.8. The summed E-state index contributed by atoms with van der Waals surface area (Å²) in [5.74, 6) is -0.191. The molecule has 0 radical (unpaired) electrons. The zero-order valence-corrected chi connectivity index (χ0v) is 13.6. The van der Waals surface area contributed by atoms with Gasteiger partial charge in [-0.2, -0.15) is 0 Å². The highest BCUT2D eigenvalue weighted by molar-refractivity contribution is 9.10. The summed E-state index contributed by atoms with van der Waals surface area (Å²) >= 11 is 6.70. The number of benzene rings is 2. The standard InChI is InChI=1S/C15H14Br2FN/c1-10(14-6-5-13(17)8-15(14)18)19-9-11-3-2-4-12(16)7-11/h2-8,10,19H,9H2,1H3. The molecule has 0 spiro atoms. The van der Waals surface area contributed by atoms with Gasteiger partial charge in [0.05, 0.1) is 0 Å². The van der Waals surface area contributed by atoms with Crippen LogP contribution in [0.1, 0.15) is 24.1 Å². The molecule has 0 saturated heterocycles. The summed E-state index contributed by atoms with van der Waals surface area (Å²) in [5.41, 5.74) is 1.84. The second-order valence-corrected chi connectivity index (χ2v) is 6.23. The Balaban J connectivity index is 2.03. The highest BCUT2D eigenvalue weighted by Crippen LogP contribution is 2.21. The minimum absolute atomic E-state index is 0.0351. The fourth-order valence-electron chi connectivity index (χ4n) is 1.88. The topological polar surface area (TPSA) is 12.0 Å². The van der Waals surface area contributed by atoms with Crippen LogP contribution in [0.3, 0.4) is 0 Å². The molecular weight excluding hydrogens is 373 g/mol. The molecule has 0 bridgehead atoms. The van der Waals surface area contributed by atoms with Crippen LogP contribution in [0.2, 0.25) is 0 Å². The van der Waals surface area contributed by atoms with Crippen molar-refractivity contribution >= 4 is 31.9 Å². The van der Waals surface area contributed by atoms with E-state index in [4.69, 9.17) is 0 Å². The van der Waals surface area contributed by atoms with Crippen molar-refractivity contribution < 1.29 is 4.39 Å². The van der Waals surface area contributed by atoms with E-state index in [1.807, 2.05) is 31.2 Å².